The maximum atomic E-state index is 12.2. The second kappa shape index (κ2) is 7.57. The van der Waals surface area contributed by atoms with E-state index >= 15 is 0 Å². The van der Waals surface area contributed by atoms with Gasteiger partial charge >= 0.3 is 5.51 Å². The molecule has 0 saturated carbocycles. The molecule has 0 fully saturated rings. The third-order valence-corrected chi connectivity index (χ3v) is 6.02. The molecule has 0 nitrogen and oxygen atoms in total. The van der Waals surface area contributed by atoms with Gasteiger partial charge < -0.3 is 0 Å². The molecule has 0 saturated heterocycles. The van der Waals surface area contributed by atoms with Crippen molar-refractivity contribution >= 4 is 55.2 Å². The van der Waals surface area contributed by atoms with E-state index in [2.05, 4.69) is 31.9 Å². The van der Waals surface area contributed by atoms with Crippen LogP contribution in [0.3, 0.4) is 0 Å². The summed E-state index contributed by atoms with van der Waals surface area (Å²) in [5.41, 5.74) is -3.75. The molecule has 108 valence electrons. The van der Waals surface area contributed by atoms with Gasteiger partial charge in [0.15, 0.2) is 0 Å². The fourth-order valence-electron chi connectivity index (χ4n) is 1.70. The Bertz CT molecular complexity index is 408. The van der Waals surface area contributed by atoms with E-state index in [0.717, 1.165) is 5.56 Å². The monoisotopic (exact) mass is 438 g/mol. The van der Waals surface area contributed by atoms with Gasteiger partial charge in [0.2, 0.25) is 0 Å². The molecule has 0 heterocycles. The minimum atomic E-state index is -4.19. The van der Waals surface area contributed by atoms with Crippen molar-refractivity contribution in [2.75, 3.05) is 16.4 Å². The van der Waals surface area contributed by atoms with Crippen molar-refractivity contribution < 1.29 is 13.2 Å². The molecule has 0 amide bonds. The highest BCUT2D eigenvalue weighted by molar-refractivity contribution is 9.09. The smallest absolute Gasteiger partial charge is 0.160 e. The molecule has 0 bridgehead atoms. The van der Waals surface area contributed by atoms with Crippen LogP contribution >= 0.6 is 55.2 Å². The molecule has 0 atom stereocenters. The lowest BCUT2D eigenvalue weighted by molar-refractivity contribution is -0.0328. The van der Waals surface area contributed by atoms with E-state index in [4.69, 9.17) is 11.6 Å². The van der Waals surface area contributed by atoms with Gasteiger partial charge in [0.05, 0.1) is 0 Å². The Hall–Kier alpha value is 0.610. The van der Waals surface area contributed by atoms with E-state index in [1.54, 1.807) is 6.07 Å². The zero-order valence-corrected chi connectivity index (χ0v) is 14.6. The van der Waals surface area contributed by atoms with Gasteiger partial charge in [-0.05, 0) is 18.1 Å². The summed E-state index contributed by atoms with van der Waals surface area (Å²) in [4.78, 5) is 0. The van der Waals surface area contributed by atoms with Crippen LogP contribution in [0.2, 0.25) is 5.02 Å². The fourth-order valence-corrected chi connectivity index (χ4v) is 4.86. The predicted octanol–water partition coefficient (Wildman–Crippen LogP) is 6.01. The molecule has 1 aromatic rings. The summed E-state index contributed by atoms with van der Waals surface area (Å²) in [5, 5.41) is 1.68. The van der Waals surface area contributed by atoms with Gasteiger partial charge in [0.25, 0.3) is 0 Å². The lowest BCUT2D eigenvalue weighted by Gasteiger charge is -2.31. The van der Waals surface area contributed by atoms with E-state index < -0.39 is 10.9 Å². The van der Waals surface area contributed by atoms with Crippen LogP contribution in [0.5, 0.6) is 0 Å². The van der Waals surface area contributed by atoms with Crippen LogP contribution in [0.4, 0.5) is 13.2 Å². The zero-order valence-electron chi connectivity index (χ0n) is 9.81. The van der Waals surface area contributed by atoms with E-state index in [-0.39, 0.29) is 17.5 Å². The molecule has 1 aromatic carbocycles. The molecule has 1 rings (SSSR count). The average Bonchev–Trinajstić information content (AvgIpc) is 2.35. The highest BCUT2D eigenvalue weighted by Gasteiger charge is 2.34. The van der Waals surface area contributed by atoms with Crippen molar-refractivity contribution in [2.24, 2.45) is 0 Å². The first-order chi connectivity index (χ1) is 8.84. The predicted molar refractivity (Wildman–Crippen MR) is 83.8 cm³/mol. The summed E-state index contributed by atoms with van der Waals surface area (Å²) in [6.45, 7) is 0. The lowest BCUT2D eigenvalue weighted by Crippen LogP contribution is -2.31. The molecule has 0 unspecified atom stereocenters. The van der Waals surface area contributed by atoms with E-state index in [0.29, 0.717) is 22.1 Å². The maximum Gasteiger partial charge on any atom is 0.441 e. The molecule has 0 aliphatic carbocycles. The van der Waals surface area contributed by atoms with Crippen LogP contribution in [0, 0.1) is 0 Å². The second-order valence-electron chi connectivity index (χ2n) is 4.07. The molecule has 0 spiro atoms. The highest BCUT2D eigenvalue weighted by Crippen LogP contribution is 2.40. The van der Waals surface area contributed by atoms with Gasteiger partial charge in [-0.15, -0.1) is 0 Å². The minimum Gasteiger partial charge on any atom is -0.160 e. The quantitative estimate of drug-likeness (QED) is 0.488. The van der Waals surface area contributed by atoms with Gasteiger partial charge in [0.1, 0.15) is 0 Å². The molecule has 0 radical (unpaired) electrons. The van der Waals surface area contributed by atoms with E-state index in [1.807, 2.05) is 18.2 Å². The van der Waals surface area contributed by atoms with Crippen molar-refractivity contribution in [3.8, 4) is 0 Å². The molecule has 0 aliphatic rings. The van der Waals surface area contributed by atoms with E-state index in [9.17, 15) is 13.2 Å². The van der Waals surface area contributed by atoms with Crippen molar-refractivity contribution in [3.05, 3.63) is 34.9 Å². The SMILES string of the molecule is FC(F)(F)SCCC(CBr)(CBr)c1ccccc1Cl. The van der Waals surface area contributed by atoms with Crippen molar-refractivity contribution in [3.63, 3.8) is 0 Å². The summed E-state index contributed by atoms with van der Waals surface area (Å²) in [7, 11) is 0. The Balaban J connectivity index is 2.89. The zero-order chi connectivity index (χ0) is 14.5. The summed E-state index contributed by atoms with van der Waals surface area (Å²) in [5.74, 6) is 0.00588. The molecule has 0 N–H and O–H groups in total. The Kier molecular flexibility index (Phi) is 7.04. The lowest BCUT2D eigenvalue weighted by atomic mass is 9.82. The van der Waals surface area contributed by atoms with Crippen LogP contribution in [0.1, 0.15) is 12.0 Å². The standard InChI is InChI=1S/C12H12Br2ClF3S/c13-7-11(8-14,5-6-19-12(16,17)18)9-3-1-2-4-10(9)15/h1-4H,5-8H2. The number of benzene rings is 1. The topological polar surface area (TPSA) is 0 Å². The number of rotatable bonds is 6. The normalized spacial score (nSPS) is 12.7. The van der Waals surface area contributed by atoms with Crippen molar-refractivity contribution in [1.82, 2.24) is 0 Å². The Labute approximate surface area is 136 Å². The van der Waals surface area contributed by atoms with Crippen LogP contribution in [-0.4, -0.2) is 21.9 Å². The molecule has 0 aliphatic heterocycles. The summed E-state index contributed by atoms with van der Waals surface area (Å²) in [6, 6.07) is 7.28. The van der Waals surface area contributed by atoms with Gasteiger partial charge in [-0.25, -0.2) is 0 Å². The van der Waals surface area contributed by atoms with Crippen LogP contribution in [-0.2, 0) is 5.41 Å². The summed E-state index contributed by atoms with van der Waals surface area (Å²) in [6.07, 6.45) is 0.386. The first-order valence-corrected chi connectivity index (χ1v) is 9.03. The molecule has 0 aromatic heterocycles. The van der Waals surface area contributed by atoms with Gasteiger partial charge in [-0.1, -0.05) is 73.4 Å². The fraction of sp³-hybridized carbons (Fsp3) is 0.500. The maximum absolute atomic E-state index is 12.2. The summed E-state index contributed by atoms with van der Waals surface area (Å²) < 4.78 is 36.7. The third kappa shape index (κ3) is 5.14. The van der Waals surface area contributed by atoms with Crippen molar-refractivity contribution in [2.45, 2.75) is 17.3 Å². The van der Waals surface area contributed by atoms with E-state index in [1.165, 1.54) is 0 Å². The van der Waals surface area contributed by atoms with Gasteiger partial charge in [-0.3, -0.25) is 0 Å². The number of hydrogen-bond acceptors (Lipinski definition) is 1. The first-order valence-electron chi connectivity index (χ1n) is 5.42. The molecular formula is C12H12Br2ClF3S. The van der Waals surface area contributed by atoms with Gasteiger partial charge in [-0.2, -0.15) is 13.2 Å². The van der Waals surface area contributed by atoms with Crippen LogP contribution in [0.15, 0.2) is 24.3 Å². The van der Waals surface area contributed by atoms with Gasteiger partial charge in [0, 0.05) is 26.9 Å². The van der Waals surface area contributed by atoms with Crippen LogP contribution < -0.4 is 0 Å². The second-order valence-corrected chi connectivity index (χ2v) is 6.76. The Morgan fingerprint density at radius 2 is 1.68 bits per heavy atom. The highest BCUT2D eigenvalue weighted by atomic mass is 79.9. The molecule has 19 heavy (non-hydrogen) atoms. The molecule has 7 heteroatoms. The Morgan fingerprint density at radius 1 is 1.11 bits per heavy atom. The first kappa shape index (κ1) is 17.7. The average molecular weight is 441 g/mol. The minimum absolute atomic E-state index is 0.00588. The largest absolute Gasteiger partial charge is 0.441 e. The third-order valence-electron chi connectivity index (χ3n) is 2.80. The Morgan fingerprint density at radius 3 is 2.16 bits per heavy atom. The molecular weight excluding hydrogens is 428 g/mol. The van der Waals surface area contributed by atoms with Crippen LogP contribution in [0.25, 0.3) is 0 Å². The number of alkyl halides is 5. The number of halogens is 6. The summed E-state index contributed by atoms with van der Waals surface area (Å²) >= 11 is 13.0. The number of hydrogen-bond donors (Lipinski definition) is 0. The van der Waals surface area contributed by atoms with Crippen molar-refractivity contribution in [1.29, 1.82) is 0 Å². The number of thioether (sulfide) groups is 1.